The Morgan fingerprint density at radius 3 is 3.07 bits per heavy atom. The molecule has 80 valence electrons. The lowest BCUT2D eigenvalue weighted by atomic mass is 9.94. The maximum atomic E-state index is 12.7. The van der Waals surface area contributed by atoms with Gasteiger partial charge in [0.1, 0.15) is 12.2 Å². The van der Waals surface area contributed by atoms with Crippen molar-refractivity contribution in [3.8, 4) is 0 Å². The van der Waals surface area contributed by atoms with Crippen LogP contribution >= 0.6 is 0 Å². The van der Waals surface area contributed by atoms with Gasteiger partial charge >= 0.3 is 5.97 Å². The number of esters is 1. The van der Waals surface area contributed by atoms with Crippen LogP contribution in [0.25, 0.3) is 0 Å². The first-order valence-electron chi connectivity index (χ1n) is 5.16. The predicted molar refractivity (Wildman–Crippen MR) is 49.7 cm³/mol. The average molecular weight is 201 g/mol. The monoisotopic (exact) mass is 201 g/mol. The Hall–Kier alpha value is -0.640. The quantitative estimate of drug-likeness (QED) is 0.627. The number of carbonyl (C=O) groups excluding carboxylic acids is 1. The first-order chi connectivity index (χ1) is 6.74. The van der Waals surface area contributed by atoms with Gasteiger partial charge in [0.05, 0.1) is 7.11 Å². The smallest absolute Gasteiger partial charge is 0.326 e. The van der Waals surface area contributed by atoms with Gasteiger partial charge in [-0.3, -0.25) is 9.69 Å². The number of carbonyl (C=O) groups is 1. The summed E-state index contributed by atoms with van der Waals surface area (Å²) >= 11 is 0. The largest absolute Gasteiger partial charge is 0.468 e. The van der Waals surface area contributed by atoms with E-state index in [0.717, 1.165) is 32.2 Å². The topological polar surface area (TPSA) is 29.5 Å². The third kappa shape index (κ3) is 1.16. The van der Waals surface area contributed by atoms with E-state index in [2.05, 4.69) is 0 Å². The zero-order valence-corrected chi connectivity index (χ0v) is 8.46. The van der Waals surface area contributed by atoms with E-state index in [0.29, 0.717) is 0 Å². The Bertz CT molecular complexity index is 246. The van der Waals surface area contributed by atoms with E-state index in [1.807, 2.05) is 4.90 Å². The third-order valence-corrected chi connectivity index (χ3v) is 3.61. The van der Waals surface area contributed by atoms with E-state index in [1.165, 1.54) is 7.11 Å². The molecule has 2 fully saturated rings. The SMILES string of the molecule is COC(=O)C12CCCN1C(CF)CC2. The third-order valence-electron chi connectivity index (χ3n) is 3.61. The number of hydrogen-bond donors (Lipinski definition) is 0. The van der Waals surface area contributed by atoms with Crippen LogP contribution in [0.15, 0.2) is 0 Å². The number of halogens is 1. The van der Waals surface area contributed by atoms with Crippen LogP contribution in [0.5, 0.6) is 0 Å². The Morgan fingerprint density at radius 1 is 1.64 bits per heavy atom. The number of fused-ring (bicyclic) bond motifs is 1. The fourth-order valence-corrected chi connectivity index (χ4v) is 2.93. The average Bonchev–Trinajstić information content (AvgIpc) is 2.74. The van der Waals surface area contributed by atoms with Crippen molar-refractivity contribution in [3.63, 3.8) is 0 Å². The van der Waals surface area contributed by atoms with E-state index >= 15 is 0 Å². The normalized spacial score (nSPS) is 37.1. The van der Waals surface area contributed by atoms with Crippen molar-refractivity contribution in [2.75, 3.05) is 20.3 Å². The summed E-state index contributed by atoms with van der Waals surface area (Å²) in [7, 11) is 1.41. The molecule has 0 amide bonds. The first-order valence-corrected chi connectivity index (χ1v) is 5.16. The molecule has 2 atom stereocenters. The Kier molecular flexibility index (Phi) is 2.47. The van der Waals surface area contributed by atoms with Gasteiger partial charge in [-0.15, -0.1) is 0 Å². The summed E-state index contributed by atoms with van der Waals surface area (Å²) in [6.45, 7) is 0.489. The summed E-state index contributed by atoms with van der Waals surface area (Å²) in [4.78, 5) is 13.7. The second kappa shape index (κ2) is 3.50. The van der Waals surface area contributed by atoms with Crippen LogP contribution in [0, 0.1) is 0 Å². The standard InChI is InChI=1S/C10H16FNO2/c1-14-9(13)10-4-2-6-12(10)8(7-11)3-5-10/h8H,2-7H2,1H3. The molecule has 0 aliphatic carbocycles. The lowest BCUT2D eigenvalue weighted by Gasteiger charge is -2.31. The molecular weight excluding hydrogens is 185 g/mol. The van der Waals surface area contributed by atoms with Crippen LogP contribution in [0.3, 0.4) is 0 Å². The molecule has 2 saturated heterocycles. The second-order valence-corrected chi connectivity index (χ2v) is 4.17. The van der Waals surface area contributed by atoms with Gasteiger partial charge in [0.25, 0.3) is 0 Å². The number of alkyl halides is 1. The molecule has 2 heterocycles. The van der Waals surface area contributed by atoms with Crippen molar-refractivity contribution in [2.45, 2.75) is 37.3 Å². The molecule has 14 heavy (non-hydrogen) atoms. The van der Waals surface area contributed by atoms with Gasteiger partial charge in [-0.2, -0.15) is 0 Å². The molecule has 4 heteroatoms. The number of ether oxygens (including phenoxy) is 1. The molecule has 0 radical (unpaired) electrons. The van der Waals surface area contributed by atoms with Gasteiger partial charge in [0.15, 0.2) is 0 Å². The minimum atomic E-state index is -0.481. The van der Waals surface area contributed by atoms with Crippen molar-refractivity contribution in [2.24, 2.45) is 0 Å². The van der Waals surface area contributed by atoms with Gasteiger partial charge < -0.3 is 4.74 Å². The van der Waals surface area contributed by atoms with Crippen molar-refractivity contribution in [1.82, 2.24) is 4.90 Å². The van der Waals surface area contributed by atoms with Crippen LogP contribution < -0.4 is 0 Å². The molecule has 0 aromatic heterocycles. The van der Waals surface area contributed by atoms with Crippen LogP contribution in [-0.4, -0.2) is 42.8 Å². The predicted octanol–water partition coefficient (Wildman–Crippen LogP) is 1.13. The molecule has 0 N–H and O–H groups in total. The molecule has 3 nitrogen and oxygen atoms in total. The maximum Gasteiger partial charge on any atom is 0.326 e. The van der Waals surface area contributed by atoms with Crippen molar-refractivity contribution in [3.05, 3.63) is 0 Å². The van der Waals surface area contributed by atoms with Crippen LogP contribution in [0.4, 0.5) is 4.39 Å². The molecule has 0 saturated carbocycles. The summed E-state index contributed by atoms with van der Waals surface area (Å²) in [6.07, 6.45) is 3.35. The molecule has 0 aromatic rings. The fraction of sp³-hybridized carbons (Fsp3) is 0.900. The van der Waals surface area contributed by atoms with E-state index in [-0.39, 0.29) is 18.7 Å². The minimum absolute atomic E-state index is 0.0587. The van der Waals surface area contributed by atoms with Crippen molar-refractivity contribution in [1.29, 1.82) is 0 Å². The van der Waals surface area contributed by atoms with E-state index in [1.54, 1.807) is 0 Å². The van der Waals surface area contributed by atoms with Gasteiger partial charge in [-0.1, -0.05) is 0 Å². The van der Waals surface area contributed by atoms with E-state index in [9.17, 15) is 9.18 Å². The summed E-state index contributed by atoms with van der Waals surface area (Å²) in [5, 5.41) is 0. The summed E-state index contributed by atoms with van der Waals surface area (Å²) in [6, 6.07) is -0.0587. The Labute approximate surface area is 83.2 Å². The zero-order valence-electron chi connectivity index (χ0n) is 8.46. The second-order valence-electron chi connectivity index (χ2n) is 4.17. The molecule has 0 bridgehead atoms. The molecule has 0 spiro atoms. The highest BCUT2D eigenvalue weighted by Crippen LogP contribution is 2.43. The van der Waals surface area contributed by atoms with E-state index < -0.39 is 5.54 Å². The van der Waals surface area contributed by atoms with Gasteiger partial charge in [-0.05, 0) is 32.2 Å². The van der Waals surface area contributed by atoms with E-state index in [4.69, 9.17) is 4.74 Å². The number of nitrogens with zero attached hydrogens (tertiary/aromatic N) is 1. The molecular formula is C10H16FNO2. The highest BCUT2D eigenvalue weighted by molar-refractivity contribution is 5.81. The lowest BCUT2D eigenvalue weighted by molar-refractivity contribution is -0.152. The van der Waals surface area contributed by atoms with Crippen LogP contribution in [0.2, 0.25) is 0 Å². The molecule has 0 aromatic carbocycles. The van der Waals surface area contributed by atoms with Crippen LogP contribution in [0.1, 0.15) is 25.7 Å². The van der Waals surface area contributed by atoms with Gasteiger partial charge in [0, 0.05) is 6.04 Å². The molecule has 2 aliphatic rings. The summed E-state index contributed by atoms with van der Waals surface area (Å²) in [5.74, 6) is -0.175. The van der Waals surface area contributed by atoms with Crippen LogP contribution in [-0.2, 0) is 9.53 Å². The summed E-state index contributed by atoms with van der Waals surface area (Å²) in [5.41, 5.74) is -0.481. The minimum Gasteiger partial charge on any atom is -0.468 e. The maximum absolute atomic E-state index is 12.7. The number of rotatable bonds is 2. The first kappa shape index (κ1) is 9.90. The summed E-state index contributed by atoms with van der Waals surface area (Å²) < 4.78 is 17.5. The van der Waals surface area contributed by atoms with Crippen molar-refractivity contribution < 1.29 is 13.9 Å². The zero-order chi connectivity index (χ0) is 10.2. The molecule has 2 rings (SSSR count). The fourth-order valence-electron chi connectivity index (χ4n) is 2.93. The highest BCUT2D eigenvalue weighted by atomic mass is 19.1. The lowest BCUT2D eigenvalue weighted by Crippen LogP contribution is -2.49. The van der Waals surface area contributed by atoms with Gasteiger partial charge in [-0.25, -0.2) is 4.39 Å². The van der Waals surface area contributed by atoms with Crippen molar-refractivity contribution >= 4 is 5.97 Å². The van der Waals surface area contributed by atoms with Gasteiger partial charge in [0.2, 0.25) is 0 Å². The highest BCUT2D eigenvalue weighted by Gasteiger charge is 2.54. The Morgan fingerprint density at radius 2 is 2.43 bits per heavy atom. The molecule has 2 aliphatic heterocycles. The Balaban J connectivity index is 2.22. The molecule has 2 unspecified atom stereocenters. The number of methoxy groups -OCH3 is 1. The number of hydrogen-bond acceptors (Lipinski definition) is 3.